The summed E-state index contributed by atoms with van der Waals surface area (Å²) >= 11 is 0. The second-order valence-corrected chi connectivity index (χ2v) is 2.86. The summed E-state index contributed by atoms with van der Waals surface area (Å²) in [4.78, 5) is 0. The molecule has 0 aromatic heterocycles. The number of hydrogen-bond donors (Lipinski definition) is 2. The zero-order valence-corrected chi connectivity index (χ0v) is 7.67. The van der Waals surface area contributed by atoms with Gasteiger partial charge in [0.15, 0.2) is 0 Å². The van der Waals surface area contributed by atoms with E-state index in [1.807, 2.05) is 19.1 Å². The van der Waals surface area contributed by atoms with Crippen molar-refractivity contribution in [1.29, 1.82) is 0 Å². The van der Waals surface area contributed by atoms with Crippen LogP contribution in [0.2, 0.25) is 0 Å². The summed E-state index contributed by atoms with van der Waals surface area (Å²) in [7, 11) is 0. The number of phenols is 1. The van der Waals surface area contributed by atoms with Crippen molar-refractivity contribution in [3.05, 3.63) is 29.3 Å². The van der Waals surface area contributed by atoms with Gasteiger partial charge in [0.1, 0.15) is 5.75 Å². The molecule has 1 aromatic carbocycles. The Kier molecular flexibility index (Phi) is 3.36. The lowest BCUT2D eigenvalue weighted by Gasteiger charge is -1.97. The SMILES string of the molecule is Cc1ccc(O)c(C#CCCN)c1. The number of phenolic OH excluding ortho intramolecular Hbond substituents is 1. The molecule has 2 nitrogen and oxygen atoms in total. The summed E-state index contributed by atoms with van der Waals surface area (Å²) in [6.07, 6.45) is 0.660. The molecular formula is C11H13NO. The highest BCUT2D eigenvalue weighted by Gasteiger charge is 1.95. The Hall–Kier alpha value is -1.46. The number of aromatic hydroxyl groups is 1. The molecule has 13 heavy (non-hydrogen) atoms. The summed E-state index contributed by atoms with van der Waals surface area (Å²) in [6.45, 7) is 2.52. The maximum Gasteiger partial charge on any atom is 0.131 e. The maximum absolute atomic E-state index is 9.40. The largest absolute Gasteiger partial charge is 0.507 e. The molecule has 0 aliphatic heterocycles. The average molecular weight is 175 g/mol. The molecule has 0 fully saturated rings. The predicted molar refractivity (Wildman–Crippen MR) is 53.4 cm³/mol. The minimum absolute atomic E-state index is 0.232. The first-order valence-electron chi connectivity index (χ1n) is 4.22. The van der Waals surface area contributed by atoms with Crippen LogP contribution in [0.15, 0.2) is 18.2 Å². The molecule has 0 amide bonds. The topological polar surface area (TPSA) is 46.2 Å². The fraction of sp³-hybridized carbons (Fsp3) is 0.273. The molecule has 0 heterocycles. The van der Waals surface area contributed by atoms with Gasteiger partial charge >= 0.3 is 0 Å². The summed E-state index contributed by atoms with van der Waals surface area (Å²) < 4.78 is 0. The van der Waals surface area contributed by atoms with Gasteiger partial charge < -0.3 is 10.8 Å². The summed E-state index contributed by atoms with van der Waals surface area (Å²) in [5, 5.41) is 9.40. The molecule has 0 aliphatic carbocycles. The van der Waals surface area contributed by atoms with Crippen LogP contribution in [-0.2, 0) is 0 Å². The van der Waals surface area contributed by atoms with Gasteiger partial charge in [-0.15, -0.1) is 0 Å². The van der Waals surface area contributed by atoms with Crippen LogP contribution >= 0.6 is 0 Å². The van der Waals surface area contributed by atoms with Gasteiger partial charge in [-0.3, -0.25) is 0 Å². The lowest BCUT2D eigenvalue weighted by molar-refractivity contribution is 0.473. The van der Waals surface area contributed by atoms with Crippen molar-refractivity contribution in [2.45, 2.75) is 13.3 Å². The maximum atomic E-state index is 9.40. The Morgan fingerprint density at radius 3 is 2.92 bits per heavy atom. The van der Waals surface area contributed by atoms with E-state index in [-0.39, 0.29) is 5.75 Å². The minimum Gasteiger partial charge on any atom is -0.507 e. The molecule has 68 valence electrons. The third kappa shape index (κ3) is 2.81. The first kappa shape index (κ1) is 9.63. The smallest absolute Gasteiger partial charge is 0.131 e. The Labute approximate surface area is 78.4 Å². The van der Waals surface area contributed by atoms with Gasteiger partial charge in [-0.25, -0.2) is 0 Å². The van der Waals surface area contributed by atoms with E-state index >= 15 is 0 Å². The van der Waals surface area contributed by atoms with Crippen molar-refractivity contribution in [2.24, 2.45) is 5.73 Å². The van der Waals surface area contributed by atoms with Gasteiger partial charge in [0.25, 0.3) is 0 Å². The van der Waals surface area contributed by atoms with Crippen LogP contribution in [0.1, 0.15) is 17.5 Å². The molecule has 0 spiro atoms. The highest BCUT2D eigenvalue weighted by molar-refractivity contribution is 5.47. The monoisotopic (exact) mass is 175 g/mol. The number of benzene rings is 1. The summed E-state index contributed by atoms with van der Waals surface area (Å²) in [5.74, 6) is 5.99. The fourth-order valence-corrected chi connectivity index (χ4v) is 0.980. The molecular weight excluding hydrogens is 162 g/mol. The molecule has 0 unspecified atom stereocenters. The van der Waals surface area contributed by atoms with Crippen LogP contribution in [0.5, 0.6) is 5.75 Å². The number of nitrogens with two attached hydrogens (primary N) is 1. The van der Waals surface area contributed by atoms with Crippen LogP contribution in [0.4, 0.5) is 0 Å². The Balaban J connectivity index is 2.89. The fourth-order valence-electron chi connectivity index (χ4n) is 0.980. The standard InChI is InChI=1S/C11H13NO/c1-9-5-6-11(13)10(8-9)4-2-3-7-12/h5-6,8,13H,3,7,12H2,1H3. The Morgan fingerprint density at radius 1 is 1.46 bits per heavy atom. The molecule has 0 aliphatic rings. The zero-order valence-electron chi connectivity index (χ0n) is 7.67. The molecule has 0 saturated carbocycles. The van der Waals surface area contributed by atoms with Gasteiger partial charge in [0.05, 0.1) is 5.56 Å². The third-order valence-corrected chi connectivity index (χ3v) is 1.64. The van der Waals surface area contributed by atoms with Crippen LogP contribution in [0, 0.1) is 18.8 Å². The summed E-state index contributed by atoms with van der Waals surface area (Å²) in [6, 6.07) is 5.37. The van der Waals surface area contributed by atoms with E-state index in [2.05, 4.69) is 11.8 Å². The molecule has 0 bridgehead atoms. The summed E-state index contributed by atoms with van der Waals surface area (Å²) in [5.41, 5.74) is 7.06. The van der Waals surface area contributed by atoms with E-state index in [1.54, 1.807) is 6.07 Å². The number of hydrogen-bond acceptors (Lipinski definition) is 2. The predicted octanol–water partition coefficient (Wildman–Crippen LogP) is 1.40. The van der Waals surface area contributed by atoms with Crippen molar-refractivity contribution >= 4 is 0 Å². The normalized spacial score (nSPS) is 9.08. The van der Waals surface area contributed by atoms with Crippen LogP contribution in [0.25, 0.3) is 0 Å². The van der Waals surface area contributed by atoms with Gasteiger partial charge in [0.2, 0.25) is 0 Å². The average Bonchev–Trinajstić information content (AvgIpc) is 2.11. The van der Waals surface area contributed by atoms with Gasteiger partial charge in [-0.05, 0) is 24.6 Å². The quantitative estimate of drug-likeness (QED) is 0.634. The van der Waals surface area contributed by atoms with Crippen LogP contribution in [-0.4, -0.2) is 11.7 Å². The van der Waals surface area contributed by atoms with Crippen LogP contribution in [0.3, 0.4) is 0 Å². The van der Waals surface area contributed by atoms with Gasteiger partial charge in [-0.1, -0.05) is 17.9 Å². The lowest BCUT2D eigenvalue weighted by Crippen LogP contribution is -1.95. The molecule has 3 N–H and O–H groups in total. The van der Waals surface area contributed by atoms with E-state index in [0.717, 1.165) is 5.56 Å². The molecule has 0 atom stereocenters. The van der Waals surface area contributed by atoms with Crippen molar-refractivity contribution < 1.29 is 5.11 Å². The van der Waals surface area contributed by atoms with E-state index in [9.17, 15) is 5.11 Å². The molecule has 1 rings (SSSR count). The van der Waals surface area contributed by atoms with Gasteiger partial charge in [0, 0.05) is 13.0 Å². The molecule has 0 radical (unpaired) electrons. The number of rotatable bonds is 1. The Bertz CT molecular complexity index is 347. The van der Waals surface area contributed by atoms with E-state index in [1.165, 1.54) is 0 Å². The highest BCUT2D eigenvalue weighted by atomic mass is 16.3. The molecule has 1 aromatic rings. The highest BCUT2D eigenvalue weighted by Crippen LogP contribution is 2.16. The van der Waals surface area contributed by atoms with Crippen LogP contribution < -0.4 is 5.73 Å². The second-order valence-electron chi connectivity index (χ2n) is 2.86. The number of aryl methyl sites for hydroxylation is 1. The van der Waals surface area contributed by atoms with E-state index < -0.39 is 0 Å². The van der Waals surface area contributed by atoms with E-state index in [0.29, 0.717) is 18.5 Å². The minimum atomic E-state index is 0.232. The molecule has 2 heteroatoms. The van der Waals surface area contributed by atoms with Crippen molar-refractivity contribution in [2.75, 3.05) is 6.54 Å². The lowest BCUT2D eigenvalue weighted by atomic mass is 10.1. The van der Waals surface area contributed by atoms with Crippen molar-refractivity contribution in [3.8, 4) is 17.6 Å². The van der Waals surface area contributed by atoms with E-state index in [4.69, 9.17) is 5.73 Å². The van der Waals surface area contributed by atoms with Crippen molar-refractivity contribution in [1.82, 2.24) is 0 Å². The van der Waals surface area contributed by atoms with Crippen molar-refractivity contribution in [3.63, 3.8) is 0 Å². The third-order valence-electron chi connectivity index (χ3n) is 1.64. The second kappa shape index (κ2) is 4.54. The first-order chi connectivity index (χ1) is 6.24. The first-order valence-corrected chi connectivity index (χ1v) is 4.22. The van der Waals surface area contributed by atoms with Gasteiger partial charge in [-0.2, -0.15) is 0 Å². The Morgan fingerprint density at radius 2 is 2.23 bits per heavy atom. The zero-order chi connectivity index (χ0) is 9.68. The molecule has 0 saturated heterocycles.